The van der Waals surface area contributed by atoms with E-state index in [4.69, 9.17) is 0 Å². The second-order valence-electron chi connectivity index (χ2n) is 2.95. The van der Waals surface area contributed by atoms with Crippen LogP contribution >= 0.6 is 0 Å². The van der Waals surface area contributed by atoms with Crippen LogP contribution in [-0.2, 0) is 4.79 Å². The molecular weight excluding hydrogens is 138 g/mol. The predicted octanol–water partition coefficient (Wildman–Crippen LogP) is 1.25. The Labute approximate surface area is 67.0 Å². The molecule has 1 unspecified atom stereocenters. The summed E-state index contributed by atoms with van der Waals surface area (Å²) in [5.41, 5.74) is 0. The molecule has 0 aromatic heterocycles. The van der Waals surface area contributed by atoms with E-state index in [9.17, 15) is 4.79 Å². The van der Waals surface area contributed by atoms with Crippen LogP contribution in [0, 0.1) is 5.92 Å². The van der Waals surface area contributed by atoms with Crippen molar-refractivity contribution >= 4 is 5.78 Å². The molecular formula is C9H13NO. The van der Waals surface area contributed by atoms with Crippen molar-refractivity contribution in [3.8, 4) is 0 Å². The summed E-state index contributed by atoms with van der Waals surface area (Å²) in [5.74, 6) is 0.342. The third-order valence-corrected chi connectivity index (χ3v) is 1.66. The highest BCUT2D eigenvalue weighted by atomic mass is 16.1. The van der Waals surface area contributed by atoms with E-state index in [2.05, 4.69) is 5.32 Å². The molecule has 1 N–H and O–H groups in total. The number of carbonyl (C=O) groups excluding carboxylic acids is 1. The fraction of sp³-hybridized carbons (Fsp3) is 0.444. The summed E-state index contributed by atoms with van der Waals surface area (Å²) in [6, 6.07) is -0.111. The molecule has 0 radical (unpaired) electrons. The van der Waals surface area contributed by atoms with Crippen molar-refractivity contribution in [3.63, 3.8) is 0 Å². The first-order valence-corrected chi connectivity index (χ1v) is 3.85. The van der Waals surface area contributed by atoms with Crippen molar-refractivity contribution in [1.82, 2.24) is 5.32 Å². The summed E-state index contributed by atoms with van der Waals surface area (Å²) in [7, 11) is 0. The summed E-state index contributed by atoms with van der Waals surface area (Å²) in [5, 5.41) is 2.98. The molecule has 1 aliphatic rings. The highest BCUT2D eigenvalue weighted by Gasteiger charge is 2.17. The number of hydrogen-bond acceptors (Lipinski definition) is 2. The molecule has 1 heterocycles. The van der Waals surface area contributed by atoms with Gasteiger partial charge in [0.05, 0.1) is 0 Å². The van der Waals surface area contributed by atoms with E-state index in [1.807, 2.05) is 32.1 Å². The lowest BCUT2D eigenvalue weighted by molar-refractivity contribution is -0.122. The van der Waals surface area contributed by atoms with Crippen LogP contribution in [0.3, 0.4) is 0 Å². The normalized spacial score (nSPS) is 21.9. The number of dihydropyridines is 1. The summed E-state index contributed by atoms with van der Waals surface area (Å²) < 4.78 is 0. The van der Waals surface area contributed by atoms with Gasteiger partial charge in [0.15, 0.2) is 5.78 Å². The smallest absolute Gasteiger partial charge is 0.161 e. The van der Waals surface area contributed by atoms with Crippen molar-refractivity contribution in [1.29, 1.82) is 0 Å². The Morgan fingerprint density at radius 1 is 1.45 bits per heavy atom. The van der Waals surface area contributed by atoms with Gasteiger partial charge in [-0.3, -0.25) is 4.79 Å². The van der Waals surface area contributed by atoms with Crippen molar-refractivity contribution in [2.75, 3.05) is 0 Å². The van der Waals surface area contributed by atoms with Crippen LogP contribution in [0.25, 0.3) is 0 Å². The molecule has 0 aromatic rings. The molecule has 2 heteroatoms. The number of Topliss-reactive ketones (excluding diaryl/α,β-unsaturated/α-hetero) is 1. The first-order chi connectivity index (χ1) is 5.22. The molecule has 11 heavy (non-hydrogen) atoms. The van der Waals surface area contributed by atoms with E-state index in [1.165, 1.54) is 0 Å². The zero-order chi connectivity index (χ0) is 8.27. The number of allylic oxidation sites excluding steroid dienone is 2. The lowest BCUT2D eigenvalue weighted by atomic mass is 10.0. The first-order valence-electron chi connectivity index (χ1n) is 3.85. The molecule has 0 aromatic carbocycles. The van der Waals surface area contributed by atoms with Crippen molar-refractivity contribution in [2.24, 2.45) is 5.92 Å². The van der Waals surface area contributed by atoms with Crippen LogP contribution in [0.5, 0.6) is 0 Å². The Bertz CT molecular complexity index is 204. The summed E-state index contributed by atoms with van der Waals surface area (Å²) >= 11 is 0. The Hall–Kier alpha value is -1.05. The molecule has 0 saturated carbocycles. The average Bonchev–Trinajstić information content (AvgIpc) is 2.05. The number of nitrogens with one attached hydrogen (secondary N) is 1. The van der Waals surface area contributed by atoms with Crippen LogP contribution in [0.4, 0.5) is 0 Å². The summed E-state index contributed by atoms with van der Waals surface area (Å²) in [6.45, 7) is 3.83. The van der Waals surface area contributed by atoms with Gasteiger partial charge in [-0.1, -0.05) is 26.0 Å². The Kier molecular flexibility index (Phi) is 2.47. The fourth-order valence-corrected chi connectivity index (χ4v) is 0.982. The van der Waals surface area contributed by atoms with Crippen LogP contribution in [-0.4, -0.2) is 11.8 Å². The molecule has 0 amide bonds. The lowest BCUT2D eigenvalue weighted by Crippen LogP contribution is -2.35. The van der Waals surface area contributed by atoms with Crippen LogP contribution in [0.15, 0.2) is 24.4 Å². The van der Waals surface area contributed by atoms with E-state index in [1.54, 1.807) is 6.20 Å². The maximum Gasteiger partial charge on any atom is 0.161 e. The Balaban J connectivity index is 2.55. The Morgan fingerprint density at radius 3 is 2.64 bits per heavy atom. The highest BCUT2D eigenvalue weighted by molar-refractivity contribution is 5.87. The maximum atomic E-state index is 11.4. The minimum absolute atomic E-state index is 0.101. The van der Waals surface area contributed by atoms with Gasteiger partial charge in [0, 0.05) is 5.92 Å². The third-order valence-electron chi connectivity index (χ3n) is 1.66. The summed E-state index contributed by atoms with van der Waals surface area (Å²) in [4.78, 5) is 11.4. The van der Waals surface area contributed by atoms with Gasteiger partial charge in [0.25, 0.3) is 0 Å². The van der Waals surface area contributed by atoms with E-state index in [0.29, 0.717) is 0 Å². The zero-order valence-electron chi connectivity index (χ0n) is 6.87. The first kappa shape index (κ1) is 8.05. The van der Waals surface area contributed by atoms with Gasteiger partial charge in [-0.05, 0) is 12.3 Å². The van der Waals surface area contributed by atoms with Crippen molar-refractivity contribution < 1.29 is 4.79 Å². The molecule has 60 valence electrons. The number of ketones is 1. The predicted molar refractivity (Wildman–Crippen MR) is 45.0 cm³/mol. The molecule has 1 atom stereocenters. The SMILES string of the molecule is CC(C)C(=O)C1C=CC=CN1. The standard InChI is InChI=1S/C9H13NO/c1-7(2)9(11)8-5-3-4-6-10-8/h3-8,10H,1-2H3. The van der Waals surface area contributed by atoms with Gasteiger partial charge in [0.1, 0.15) is 6.04 Å². The molecule has 0 aliphatic carbocycles. The molecule has 2 nitrogen and oxygen atoms in total. The molecule has 0 saturated heterocycles. The largest absolute Gasteiger partial charge is 0.378 e. The van der Waals surface area contributed by atoms with Gasteiger partial charge in [-0.15, -0.1) is 0 Å². The van der Waals surface area contributed by atoms with Gasteiger partial charge >= 0.3 is 0 Å². The molecule has 1 aliphatic heterocycles. The molecule has 0 spiro atoms. The minimum atomic E-state index is -0.111. The number of carbonyl (C=O) groups is 1. The van der Waals surface area contributed by atoms with Gasteiger partial charge in [-0.25, -0.2) is 0 Å². The fourth-order valence-electron chi connectivity index (χ4n) is 0.982. The van der Waals surface area contributed by atoms with Crippen LogP contribution in [0.2, 0.25) is 0 Å². The Morgan fingerprint density at radius 2 is 2.18 bits per heavy atom. The minimum Gasteiger partial charge on any atom is -0.378 e. The molecule has 0 fully saturated rings. The van der Waals surface area contributed by atoms with Gasteiger partial charge in [0.2, 0.25) is 0 Å². The van der Waals surface area contributed by atoms with Gasteiger partial charge < -0.3 is 5.32 Å². The quantitative estimate of drug-likeness (QED) is 0.643. The third kappa shape index (κ3) is 1.93. The summed E-state index contributed by atoms with van der Waals surface area (Å²) in [6.07, 6.45) is 7.44. The topological polar surface area (TPSA) is 29.1 Å². The van der Waals surface area contributed by atoms with E-state index >= 15 is 0 Å². The lowest BCUT2D eigenvalue weighted by Gasteiger charge is -2.16. The second kappa shape index (κ2) is 3.37. The monoisotopic (exact) mass is 151 g/mol. The van der Waals surface area contributed by atoms with E-state index in [0.717, 1.165) is 0 Å². The van der Waals surface area contributed by atoms with Crippen molar-refractivity contribution in [2.45, 2.75) is 19.9 Å². The van der Waals surface area contributed by atoms with E-state index < -0.39 is 0 Å². The average molecular weight is 151 g/mol. The number of hydrogen-bond donors (Lipinski definition) is 1. The maximum absolute atomic E-state index is 11.4. The van der Waals surface area contributed by atoms with Gasteiger partial charge in [-0.2, -0.15) is 0 Å². The van der Waals surface area contributed by atoms with E-state index in [-0.39, 0.29) is 17.7 Å². The second-order valence-corrected chi connectivity index (χ2v) is 2.95. The molecule has 0 bridgehead atoms. The van der Waals surface area contributed by atoms with Crippen molar-refractivity contribution in [3.05, 3.63) is 24.4 Å². The number of rotatable bonds is 2. The van der Waals surface area contributed by atoms with Crippen LogP contribution in [0.1, 0.15) is 13.8 Å². The molecule has 1 rings (SSSR count). The zero-order valence-corrected chi connectivity index (χ0v) is 6.87. The highest BCUT2D eigenvalue weighted by Crippen LogP contribution is 2.03. The van der Waals surface area contributed by atoms with Crippen LogP contribution < -0.4 is 5.32 Å².